The molecule has 1 aromatic carbocycles. The minimum absolute atomic E-state index is 0.128. The van der Waals surface area contributed by atoms with Gasteiger partial charge in [0.05, 0.1) is 11.5 Å². The molecule has 0 bridgehead atoms. The van der Waals surface area contributed by atoms with Crippen molar-refractivity contribution in [2.45, 2.75) is 32.1 Å². The molecule has 96 valence electrons. The zero-order valence-electron chi connectivity index (χ0n) is 9.95. The molecule has 0 aliphatic carbocycles. The minimum atomic E-state index is -3.17. The minimum Gasteiger partial charge on any atom is -0.326 e. The molecule has 0 aromatic heterocycles. The Hall–Kier alpha value is -0.940. The van der Waals surface area contributed by atoms with Crippen molar-refractivity contribution < 1.29 is 12.8 Å². The highest BCUT2D eigenvalue weighted by atomic mass is 32.2. The molecule has 3 nitrogen and oxygen atoms in total. The lowest BCUT2D eigenvalue weighted by Crippen LogP contribution is -2.12. The van der Waals surface area contributed by atoms with Gasteiger partial charge in [0.1, 0.15) is 5.82 Å². The van der Waals surface area contributed by atoms with Crippen molar-refractivity contribution >= 4 is 9.84 Å². The molecular formula is C12H18FNO2S. The first-order chi connectivity index (χ1) is 7.98. The summed E-state index contributed by atoms with van der Waals surface area (Å²) in [6.45, 7) is 2.15. The van der Waals surface area contributed by atoms with E-state index in [0.29, 0.717) is 17.5 Å². The fourth-order valence-corrected chi connectivity index (χ4v) is 3.22. The molecule has 1 aromatic rings. The average Bonchev–Trinajstić information content (AvgIpc) is 2.26. The van der Waals surface area contributed by atoms with Crippen molar-refractivity contribution in [3.63, 3.8) is 0 Å². The Morgan fingerprint density at radius 3 is 2.59 bits per heavy atom. The average molecular weight is 259 g/mol. The van der Waals surface area contributed by atoms with Gasteiger partial charge in [-0.1, -0.05) is 19.4 Å². The van der Waals surface area contributed by atoms with Crippen LogP contribution in [-0.4, -0.2) is 14.2 Å². The summed E-state index contributed by atoms with van der Waals surface area (Å²) in [6, 6.07) is 4.09. The maximum atomic E-state index is 13.1. The largest absolute Gasteiger partial charge is 0.326 e. The molecule has 1 rings (SSSR count). The Morgan fingerprint density at radius 1 is 1.29 bits per heavy atom. The molecule has 0 amide bonds. The van der Waals surface area contributed by atoms with Gasteiger partial charge in [-0.05, 0) is 29.7 Å². The predicted octanol–water partition coefficient (Wildman–Crippen LogP) is 2.00. The van der Waals surface area contributed by atoms with E-state index in [4.69, 9.17) is 5.73 Å². The van der Waals surface area contributed by atoms with Crippen LogP contribution in [0.3, 0.4) is 0 Å². The fraction of sp³-hybridized carbons (Fsp3) is 0.500. The van der Waals surface area contributed by atoms with E-state index in [9.17, 15) is 12.8 Å². The van der Waals surface area contributed by atoms with Crippen LogP contribution in [-0.2, 0) is 22.1 Å². The Labute approximate surface area is 102 Å². The van der Waals surface area contributed by atoms with Crippen molar-refractivity contribution in [3.8, 4) is 0 Å². The third-order valence-electron chi connectivity index (χ3n) is 2.57. The summed E-state index contributed by atoms with van der Waals surface area (Å²) in [4.78, 5) is 0. The molecule has 0 fully saturated rings. The second-order valence-electron chi connectivity index (χ2n) is 4.06. The zero-order chi connectivity index (χ0) is 12.9. The number of benzene rings is 1. The Balaban J connectivity index is 2.90. The predicted molar refractivity (Wildman–Crippen MR) is 66.7 cm³/mol. The van der Waals surface area contributed by atoms with Crippen molar-refractivity contribution in [1.82, 2.24) is 0 Å². The molecule has 0 atom stereocenters. The molecular weight excluding hydrogens is 241 g/mol. The summed E-state index contributed by atoms with van der Waals surface area (Å²) in [5.74, 6) is -0.413. The first-order valence-electron chi connectivity index (χ1n) is 5.66. The second-order valence-corrected chi connectivity index (χ2v) is 6.25. The van der Waals surface area contributed by atoms with E-state index in [-0.39, 0.29) is 18.1 Å². The van der Waals surface area contributed by atoms with Crippen LogP contribution in [0.25, 0.3) is 0 Å². The van der Waals surface area contributed by atoms with Crippen molar-refractivity contribution in [1.29, 1.82) is 0 Å². The lowest BCUT2D eigenvalue weighted by atomic mass is 10.1. The van der Waals surface area contributed by atoms with Crippen LogP contribution in [0, 0.1) is 5.82 Å². The first kappa shape index (κ1) is 14.1. The van der Waals surface area contributed by atoms with Crippen molar-refractivity contribution in [2.75, 3.05) is 5.75 Å². The van der Waals surface area contributed by atoms with E-state index in [2.05, 4.69) is 0 Å². The number of sulfone groups is 1. The molecule has 17 heavy (non-hydrogen) atoms. The van der Waals surface area contributed by atoms with Crippen LogP contribution in [0.4, 0.5) is 4.39 Å². The maximum absolute atomic E-state index is 13.1. The van der Waals surface area contributed by atoms with E-state index in [1.165, 1.54) is 12.1 Å². The highest BCUT2D eigenvalue weighted by molar-refractivity contribution is 7.90. The first-order valence-corrected chi connectivity index (χ1v) is 7.48. The van der Waals surface area contributed by atoms with Gasteiger partial charge in [-0.3, -0.25) is 0 Å². The normalized spacial score (nSPS) is 11.7. The lowest BCUT2D eigenvalue weighted by Gasteiger charge is -2.08. The molecule has 2 N–H and O–H groups in total. The number of hydrogen-bond acceptors (Lipinski definition) is 3. The van der Waals surface area contributed by atoms with E-state index >= 15 is 0 Å². The molecule has 0 heterocycles. The van der Waals surface area contributed by atoms with Gasteiger partial charge < -0.3 is 5.73 Å². The van der Waals surface area contributed by atoms with Gasteiger partial charge in [0, 0.05) is 6.54 Å². The lowest BCUT2D eigenvalue weighted by molar-refractivity contribution is 0.591. The van der Waals surface area contributed by atoms with Gasteiger partial charge >= 0.3 is 0 Å². The Morgan fingerprint density at radius 2 is 2.00 bits per heavy atom. The molecule has 5 heteroatoms. The van der Waals surface area contributed by atoms with Crippen LogP contribution in [0.5, 0.6) is 0 Å². The van der Waals surface area contributed by atoms with Gasteiger partial charge in [0.2, 0.25) is 0 Å². The summed E-state index contributed by atoms with van der Waals surface area (Å²) in [7, 11) is -3.17. The molecule has 0 aliphatic heterocycles. The highest BCUT2D eigenvalue weighted by Crippen LogP contribution is 2.15. The Kier molecular flexibility index (Phi) is 5.08. The molecule has 0 saturated heterocycles. The van der Waals surface area contributed by atoms with Gasteiger partial charge in [0.25, 0.3) is 0 Å². The van der Waals surface area contributed by atoms with Crippen molar-refractivity contribution in [3.05, 3.63) is 35.1 Å². The van der Waals surface area contributed by atoms with Gasteiger partial charge in [-0.15, -0.1) is 0 Å². The van der Waals surface area contributed by atoms with Crippen LogP contribution in [0.1, 0.15) is 30.9 Å². The third kappa shape index (κ3) is 4.44. The summed E-state index contributed by atoms with van der Waals surface area (Å²) < 4.78 is 36.6. The summed E-state index contributed by atoms with van der Waals surface area (Å²) in [5.41, 5.74) is 6.66. The highest BCUT2D eigenvalue weighted by Gasteiger charge is 2.14. The SMILES string of the molecule is CCCCS(=O)(=O)Cc1cc(F)ccc1CN. The van der Waals surface area contributed by atoms with Gasteiger partial charge in [-0.25, -0.2) is 12.8 Å². The Bertz CT molecular complexity index is 471. The molecule has 0 radical (unpaired) electrons. The summed E-state index contributed by atoms with van der Waals surface area (Å²) >= 11 is 0. The van der Waals surface area contributed by atoms with E-state index in [1.54, 1.807) is 6.07 Å². The monoisotopic (exact) mass is 259 g/mol. The number of hydrogen-bond donors (Lipinski definition) is 1. The standard InChI is InChI=1S/C12H18FNO2S/c1-2-3-6-17(15,16)9-11-7-12(13)5-4-10(11)8-14/h4-5,7H,2-3,6,8-9,14H2,1H3. The van der Waals surface area contributed by atoms with Crippen LogP contribution < -0.4 is 5.73 Å². The van der Waals surface area contributed by atoms with Crippen LogP contribution in [0.15, 0.2) is 18.2 Å². The number of nitrogens with two attached hydrogens (primary N) is 1. The molecule has 0 aliphatic rings. The molecule has 0 saturated carbocycles. The van der Waals surface area contributed by atoms with E-state index < -0.39 is 15.7 Å². The smallest absolute Gasteiger partial charge is 0.154 e. The van der Waals surface area contributed by atoms with E-state index in [0.717, 1.165) is 6.42 Å². The van der Waals surface area contributed by atoms with Crippen LogP contribution in [0.2, 0.25) is 0 Å². The summed E-state index contributed by atoms with van der Waals surface area (Å²) in [6.07, 6.45) is 1.46. The number of unbranched alkanes of at least 4 members (excludes halogenated alkanes) is 1. The van der Waals surface area contributed by atoms with E-state index in [1.807, 2.05) is 6.92 Å². The zero-order valence-corrected chi connectivity index (χ0v) is 10.8. The van der Waals surface area contributed by atoms with Crippen LogP contribution >= 0.6 is 0 Å². The summed E-state index contributed by atoms with van der Waals surface area (Å²) in [5, 5.41) is 0. The van der Waals surface area contributed by atoms with Gasteiger partial charge in [0.15, 0.2) is 9.84 Å². The number of rotatable bonds is 6. The van der Waals surface area contributed by atoms with Crippen molar-refractivity contribution in [2.24, 2.45) is 5.73 Å². The topological polar surface area (TPSA) is 60.2 Å². The van der Waals surface area contributed by atoms with Gasteiger partial charge in [-0.2, -0.15) is 0 Å². The quantitative estimate of drug-likeness (QED) is 0.850. The fourth-order valence-electron chi connectivity index (χ4n) is 1.60. The molecule has 0 unspecified atom stereocenters. The molecule has 0 spiro atoms. The third-order valence-corrected chi connectivity index (χ3v) is 4.23. The maximum Gasteiger partial charge on any atom is 0.154 e. The second kappa shape index (κ2) is 6.12. The number of halogens is 1.